The second-order valence-corrected chi connectivity index (χ2v) is 6.90. The van der Waals surface area contributed by atoms with Crippen molar-refractivity contribution in [3.05, 3.63) is 28.8 Å². The third-order valence-electron chi connectivity index (χ3n) is 2.75. The molecule has 1 rings (SSSR count). The summed E-state index contributed by atoms with van der Waals surface area (Å²) < 4.78 is 5.98. The first-order valence-electron chi connectivity index (χ1n) is 6.31. The molecule has 0 spiro atoms. The van der Waals surface area contributed by atoms with Gasteiger partial charge in [-0.3, -0.25) is 0 Å². The van der Waals surface area contributed by atoms with Crippen LogP contribution in [0.1, 0.15) is 58.2 Å². The zero-order valence-corrected chi connectivity index (χ0v) is 12.6. The third kappa shape index (κ3) is 3.76. The molecule has 1 heteroatoms. The normalized spacial score (nSPS) is 12.7. The molecule has 0 heterocycles. The van der Waals surface area contributed by atoms with Crippen LogP contribution in [0.25, 0.3) is 0 Å². The molecule has 0 saturated heterocycles. The van der Waals surface area contributed by atoms with Gasteiger partial charge in [-0.2, -0.15) is 0 Å². The Morgan fingerprint density at radius 1 is 0.824 bits per heavy atom. The van der Waals surface area contributed by atoms with Crippen molar-refractivity contribution in [3.8, 4) is 5.75 Å². The Morgan fingerprint density at radius 2 is 1.35 bits per heavy atom. The second-order valence-electron chi connectivity index (χ2n) is 6.90. The predicted octanol–water partition coefficient (Wildman–Crippen LogP) is 4.78. The topological polar surface area (TPSA) is 9.23 Å². The van der Waals surface area contributed by atoms with Crippen molar-refractivity contribution in [2.45, 2.75) is 66.4 Å². The summed E-state index contributed by atoms with van der Waals surface area (Å²) in [6, 6.07) is 4.43. The Kier molecular flexibility index (Phi) is 3.61. The van der Waals surface area contributed by atoms with Gasteiger partial charge < -0.3 is 4.74 Å². The van der Waals surface area contributed by atoms with Crippen LogP contribution >= 0.6 is 0 Å². The van der Waals surface area contributed by atoms with Crippen molar-refractivity contribution in [1.29, 1.82) is 0 Å². The summed E-state index contributed by atoms with van der Waals surface area (Å²) in [5.74, 6) is 1.00. The fourth-order valence-corrected chi connectivity index (χ4v) is 2.04. The van der Waals surface area contributed by atoms with E-state index in [0.717, 1.165) is 5.75 Å². The van der Waals surface area contributed by atoms with E-state index in [1.54, 1.807) is 0 Å². The number of hydrogen-bond donors (Lipinski definition) is 0. The van der Waals surface area contributed by atoms with Crippen LogP contribution in [-0.2, 0) is 5.41 Å². The summed E-state index contributed by atoms with van der Waals surface area (Å²) in [6.07, 6.45) is 0. The minimum absolute atomic E-state index is 0.138. The van der Waals surface area contributed by atoms with Crippen LogP contribution in [0.5, 0.6) is 5.75 Å². The van der Waals surface area contributed by atoms with E-state index < -0.39 is 0 Å². The zero-order chi connectivity index (χ0) is 13.4. The molecule has 1 aromatic rings. The molecule has 0 aromatic heterocycles. The first kappa shape index (κ1) is 14.1. The lowest BCUT2D eigenvalue weighted by molar-refractivity contribution is 0.129. The van der Waals surface area contributed by atoms with Gasteiger partial charge in [0.2, 0.25) is 0 Å². The molecule has 96 valence electrons. The van der Waals surface area contributed by atoms with Gasteiger partial charge in [-0.05, 0) is 62.8 Å². The standard InChI is InChI=1S/C16H26O/c1-11-10-14(17-16(6,7)8)12(2)9-13(11)15(3,4)5/h9-10H,1-8H3. The summed E-state index contributed by atoms with van der Waals surface area (Å²) in [6.45, 7) is 17.3. The molecule has 0 atom stereocenters. The van der Waals surface area contributed by atoms with Gasteiger partial charge in [-0.1, -0.05) is 26.8 Å². The van der Waals surface area contributed by atoms with Gasteiger partial charge >= 0.3 is 0 Å². The van der Waals surface area contributed by atoms with Crippen LogP contribution in [0.4, 0.5) is 0 Å². The summed E-state index contributed by atoms with van der Waals surface area (Å²) in [5, 5.41) is 0. The van der Waals surface area contributed by atoms with Crippen molar-refractivity contribution in [3.63, 3.8) is 0 Å². The van der Waals surface area contributed by atoms with E-state index in [-0.39, 0.29) is 11.0 Å². The maximum atomic E-state index is 5.98. The average molecular weight is 234 g/mol. The van der Waals surface area contributed by atoms with Gasteiger partial charge in [0.25, 0.3) is 0 Å². The van der Waals surface area contributed by atoms with E-state index in [4.69, 9.17) is 4.74 Å². The van der Waals surface area contributed by atoms with Crippen LogP contribution in [0.3, 0.4) is 0 Å². The Morgan fingerprint density at radius 3 is 1.76 bits per heavy atom. The lowest BCUT2D eigenvalue weighted by Crippen LogP contribution is -2.24. The maximum absolute atomic E-state index is 5.98. The predicted molar refractivity (Wildman–Crippen MR) is 75.0 cm³/mol. The highest BCUT2D eigenvalue weighted by Crippen LogP contribution is 2.32. The average Bonchev–Trinajstić information content (AvgIpc) is 2.06. The SMILES string of the molecule is Cc1cc(C(C)(C)C)c(C)cc1OC(C)(C)C. The van der Waals surface area contributed by atoms with Crippen LogP contribution in [0.15, 0.2) is 12.1 Å². The minimum atomic E-state index is -0.138. The Labute approximate surface area is 106 Å². The van der Waals surface area contributed by atoms with Crippen molar-refractivity contribution in [2.75, 3.05) is 0 Å². The molecule has 1 nitrogen and oxygen atoms in total. The maximum Gasteiger partial charge on any atom is 0.123 e. The van der Waals surface area contributed by atoms with E-state index in [1.165, 1.54) is 16.7 Å². The van der Waals surface area contributed by atoms with E-state index in [9.17, 15) is 0 Å². The second kappa shape index (κ2) is 4.36. The fourth-order valence-electron chi connectivity index (χ4n) is 2.04. The van der Waals surface area contributed by atoms with Crippen molar-refractivity contribution in [1.82, 2.24) is 0 Å². The number of rotatable bonds is 1. The number of ether oxygens (including phenoxy) is 1. The van der Waals surface area contributed by atoms with Crippen LogP contribution in [0, 0.1) is 13.8 Å². The van der Waals surface area contributed by atoms with Gasteiger partial charge in [0, 0.05) is 0 Å². The summed E-state index contributed by atoms with van der Waals surface area (Å²) >= 11 is 0. The van der Waals surface area contributed by atoms with Gasteiger partial charge in [0.1, 0.15) is 11.4 Å². The third-order valence-corrected chi connectivity index (χ3v) is 2.75. The quantitative estimate of drug-likeness (QED) is 0.679. The molecular weight excluding hydrogens is 208 g/mol. The summed E-state index contributed by atoms with van der Waals surface area (Å²) in [5.41, 5.74) is 3.98. The van der Waals surface area contributed by atoms with Crippen molar-refractivity contribution < 1.29 is 4.74 Å². The summed E-state index contributed by atoms with van der Waals surface area (Å²) in [7, 11) is 0. The van der Waals surface area contributed by atoms with E-state index in [0.29, 0.717) is 0 Å². The van der Waals surface area contributed by atoms with Crippen molar-refractivity contribution >= 4 is 0 Å². The molecule has 17 heavy (non-hydrogen) atoms. The molecule has 0 N–H and O–H groups in total. The van der Waals surface area contributed by atoms with E-state index >= 15 is 0 Å². The smallest absolute Gasteiger partial charge is 0.123 e. The highest BCUT2D eigenvalue weighted by Gasteiger charge is 2.20. The fraction of sp³-hybridized carbons (Fsp3) is 0.625. The molecule has 0 unspecified atom stereocenters. The van der Waals surface area contributed by atoms with Gasteiger partial charge in [-0.15, -0.1) is 0 Å². The molecule has 0 aliphatic carbocycles. The highest BCUT2D eigenvalue weighted by molar-refractivity contribution is 5.44. The van der Waals surface area contributed by atoms with E-state index in [2.05, 4.69) is 67.5 Å². The molecule has 0 fully saturated rings. The molecule has 0 bridgehead atoms. The van der Waals surface area contributed by atoms with Crippen LogP contribution < -0.4 is 4.74 Å². The minimum Gasteiger partial charge on any atom is -0.488 e. The lowest BCUT2D eigenvalue weighted by atomic mass is 9.83. The van der Waals surface area contributed by atoms with E-state index in [1.807, 2.05) is 0 Å². The van der Waals surface area contributed by atoms with Gasteiger partial charge in [-0.25, -0.2) is 0 Å². The largest absolute Gasteiger partial charge is 0.488 e. The molecule has 0 amide bonds. The molecule has 0 aliphatic rings. The lowest BCUT2D eigenvalue weighted by Gasteiger charge is -2.27. The number of aryl methyl sites for hydroxylation is 2. The number of benzene rings is 1. The molecule has 1 aromatic carbocycles. The first-order chi connectivity index (χ1) is 7.50. The highest BCUT2D eigenvalue weighted by atomic mass is 16.5. The Balaban J connectivity index is 3.19. The van der Waals surface area contributed by atoms with Gasteiger partial charge in [0.05, 0.1) is 0 Å². The van der Waals surface area contributed by atoms with Crippen molar-refractivity contribution in [2.24, 2.45) is 0 Å². The number of hydrogen-bond acceptors (Lipinski definition) is 1. The van der Waals surface area contributed by atoms with Gasteiger partial charge in [0.15, 0.2) is 0 Å². The van der Waals surface area contributed by atoms with Crippen LogP contribution in [0.2, 0.25) is 0 Å². The molecular formula is C16H26O. The zero-order valence-electron chi connectivity index (χ0n) is 12.6. The molecule has 0 aliphatic heterocycles. The Hall–Kier alpha value is -0.980. The van der Waals surface area contributed by atoms with Crippen LogP contribution in [-0.4, -0.2) is 5.60 Å². The molecule has 0 saturated carbocycles. The monoisotopic (exact) mass is 234 g/mol. The Bertz CT molecular complexity index is 403. The molecule has 0 radical (unpaired) electrons. The first-order valence-corrected chi connectivity index (χ1v) is 6.31. The summed E-state index contributed by atoms with van der Waals surface area (Å²) in [4.78, 5) is 0.